The number of anilines is 1. The second-order valence-electron chi connectivity index (χ2n) is 9.00. The number of aromatic nitrogens is 1. The minimum Gasteiger partial charge on any atom is -0.322 e. The molecule has 39 heavy (non-hydrogen) atoms. The molecule has 204 valence electrons. The summed E-state index contributed by atoms with van der Waals surface area (Å²) < 4.78 is 39.7. The van der Waals surface area contributed by atoms with Crippen molar-refractivity contribution >= 4 is 23.5 Å². The van der Waals surface area contributed by atoms with E-state index in [1.807, 2.05) is 36.7 Å². The Bertz CT molecular complexity index is 1320. The highest BCUT2D eigenvalue weighted by molar-refractivity contribution is 5.96. The van der Waals surface area contributed by atoms with Crippen molar-refractivity contribution in [2.45, 2.75) is 13.0 Å². The highest BCUT2D eigenvalue weighted by Gasteiger charge is 2.26. The van der Waals surface area contributed by atoms with Gasteiger partial charge < -0.3 is 9.80 Å². The van der Waals surface area contributed by atoms with Crippen LogP contribution in [0.1, 0.15) is 15.9 Å². The maximum atomic E-state index is 15.1. The summed E-state index contributed by atoms with van der Waals surface area (Å²) in [5.74, 6) is -3.43. The van der Waals surface area contributed by atoms with E-state index in [1.165, 1.54) is 17.0 Å². The predicted molar refractivity (Wildman–Crippen MR) is 138 cm³/mol. The van der Waals surface area contributed by atoms with Gasteiger partial charge in [0.05, 0.1) is 6.54 Å². The van der Waals surface area contributed by atoms with Crippen molar-refractivity contribution in [3.8, 4) is 11.1 Å². The van der Waals surface area contributed by atoms with E-state index in [2.05, 4.69) is 9.88 Å². The maximum absolute atomic E-state index is 15.1. The SMILES string of the molecule is CN1CCN(C(=O)N(Cc2ccc(C(=O)NNC(=O)C(F)F)cc2F)c2ccc(-c3cccnc3)cc2)CC1. The second-order valence-corrected chi connectivity index (χ2v) is 9.00. The van der Waals surface area contributed by atoms with E-state index in [0.29, 0.717) is 31.9 Å². The van der Waals surface area contributed by atoms with Crippen LogP contribution in [0, 0.1) is 5.82 Å². The summed E-state index contributed by atoms with van der Waals surface area (Å²) in [4.78, 5) is 46.1. The molecule has 0 radical (unpaired) electrons. The van der Waals surface area contributed by atoms with Gasteiger partial charge in [-0.3, -0.25) is 30.3 Å². The van der Waals surface area contributed by atoms with Gasteiger partial charge in [-0.1, -0.05) is 24.3 Å². The van der Waals surface area contributed by atoms with Crippen molar-refractivity contribution in [2.75, 3.05) is 38.1 Å². The van der Waals surface area contributed by atoms with Gasteiger partial charge in [0.1, 0.15) is 5.82 Å². The number of piperazine rings is 1. The Hall–Kier alpha value is -4.45. The second kappa shape index (κ2) is 12.4. The Balaban J connectivity index is 1.56. The molecule has 1 aromatic heterocycles. The van der Waals surface area contributed by atoms with E-state index in [9.17, 15) is 23.2 Å². The van der Waals surface area contributed by atoms with Gasteiger partial charge >= 0.3 is 18.4 Å². The Morgan fingerprint density at radius 2 is 1.69 bits per heavy atom. The Kier molecular flexibility index (Phi) is 8.77. The van der Waals surface area contributed by atoms with Gasteiger partial charge in [0.15, 0.2) is 0 Å². The molecule has 12 heteroatoms. The van der Waals surface area contributed by atoms with Crippen molar-refractivity contribution in [3.63, 3.8) is 0 Å². The molecule has 9 nitrogen and oxygen atoms in total. The number of rotatable bonds is 6. The predicted octanol–water partition coefficient (Wildman–Crippen LogP) is 3.29. The molecule has 1 aliphatic rings. The fourth-order valence-electron chi connectivity index (χ4n) is 4.04. The Labute approximate surface area is 223 Å². The lowest BCUT2D eigenvalue weighted by molar-refractivity contribution is -0.132. The maximum Gasteiger partial charge on any atom is 0.324 e. The third-order valence-corrected chi connectivity index (χ3v) is 6.32. The van der Waals surface area contributed by atoms with Crippen molar-refractivity contribution in [2.24, 2.45) is 0 Å². The first-order valence-corrected chi connectivity index (χ1v) is 12.1. The highest BCUT2D eigenvalue weighted by Crippen LogP contribution is 2.26. The lowest BCUT2D eigenvalue weighted by atomic mass is 10.1. The molecule has 0 aliphatic carbocycles. The standard InChI is InChI=1S/C27H27F3N6O3/c1-34-11-13-35(14-12-34)27(39)36(22-8-6-18(7-9-22)20-3-2-10-31-16-20)17-21-5-4-19(15-23(21)28)25(37)32-33-26(38)24(29)30/h2-10,15-16,24H,11-14,17H2,1H3,(H,32,37)(H,33,38). The summed E-state index contributed by atoms with van der Waals surface area (Å²) in [6.07, 6.45) is 0.0949. The quantitative estimate of drug-likeness (QED) is 0.468. The topological polar surface area (TPSA) is 97.9 Å². The van der Waals surface area contributed by atoms with Crippen molar-refractivity contribution in [3.05, 3.63) is 83.9 Å². The fraction of sp³-hybridized carbons (Fsp3) is 0.259. The number of hydrazine groups is 1. The lowest BCUT2D eigenvalue weighted by Gasteiger charge is -2.36. The van der Waals surface area contributed by atoms with Crippen LogP contribution in [0.2, 0.25) is 0 Å². The summed E-state index contributed by atoms with van der Waals surface area (Å²) in [5, 5.41) is 0. The summed E-state index contributed by atoms with van der Waals surface area (Å²) in [5.41, 5.74) is 5.69. The molecule has 2 aromatic carbocycles. The number of pyridine rings is 1. The van der Waals surface area contributed by atoms with Gasteiger partial charge in [0, 0.05) is 55.4 Å². The molecule has 3 aromatic rings. The molecule has 0 atom stereocenters. The molecule has 1 aliphatic heterocycles. The largest absolute Gasteiger partial charge is 0.324 e. The minimum absolute atomic E-state index is 0.118. The van der Waals surface area contributed by atoms with Crippen LogP contribution in [0.4, 0.5) is 23.7 Å². The zero-order valence-corrected chi connectivity index (χ0v) is 21.1. The van der Waals surface area contributed by atoms with Crippen molar-refractivity contribution in [1.29, 1.82) is 0 Å². The lowest BCUT2D eigenvalue weighted by Crippen LogP contribution is -2.52. The number of carbonyl (C=O) groups excluding carboxylic acids is 3. The fourth-order valence-corrected chi connectivity index (χ4v) is 4.04. The molecule has 4 rings (SSSR count). The molecule has 1 saturated heterocycles. The molecule has 0 unspecified atom stereocenters. The summed E-state index contributed by atoms with van der Waals surface area (Å²) >= 11 is 0. The molecule has 2 N–H and O–H groups in total. The first-order valence-electron chi connectivity index (χ1n) is 12.1. The third kappa shape index (κ3) is 6.90. The van der Waals surface area contributed by atoms with Gasteiger partial charge in [0.2, 0.25) is 0 Å². The van der Waals surface area contributed by atoms with Crippen LogP contribution in [0.15, 0.2) is 67.0 Å². The van der Waals surface area contributed by atoms with Crippen LogP contribution in [-0.2, 0) is 11.3 Å². The number of carbonyl (C=O) groups is 3. The average molecular weight is 541 g/mol. The first-order chi connectivity index (χ1) is 18.7. The van der Waals surface area contributed by atoms with Crippen molar-refractivity contribution in [1.82, 2.24) is 25.6 Å². The Morgan fingerprint density at radius 1 is 0.974 bits per heavy atom. The molecule has 4 amide bonds. The van der Waals surface area contributed by atoms with Gasteiger partial charge in [-0.25, -0.2) is 9.18 Å². The minimum atomic E-state index is -3.31. The number of halogens is 3. The van der Waals surface area contributed by atoms with Gasteiger partial charge in [-0.2, -0.15) is 8.78 Å². The first kappa shape index (κ1) is 27.6. The van der Waals surface area contributed by atoms with Crippen molar-refractivity contribution < 1.29 is 27.6 Å². The molecular formula is C27H27F3N6O3. The molecule has 0 saturated carbocycles. The number of alkyl halides is 2. The molecular weight excluding hydrogens is 513 g/mol. The normalized spacial score (nSPS) is 13.7. The number of hydrogen-bond acceptors (Lipinski definition) is 5. The van der Waals surface area contributed by atoms with Crippen LogP contribution in [0.3, 0.4) is 0 Å². The van der Waals surface area contributed by atoms with Crippen LogP contribution in [-0.4, -0.2) is 72.3 Å². The number of urea groups is 1. The molecule has 0 bridgehead atoms. The van der Waals surface area contributed by atoms with E-state index in [4.69, 9.17) is 0 Å². The Morgan fingerprint density at radius 3 is 2.31 bits per heavy atom. The molecule has 1 fully saturated rings. The molecule has 2 heterocycles. The average Bonchev–Trinajstić information content (AvgIpc) is 2.95. The van der Waals surface area contributed by atoms with Gasteiger partial charge in [-0.15, -0.1) is 0 Å². The van der Waals surface area contributed by atoms with Crippen LogP contribution in [0.25, 0.3) is 11.1 Å². The van der Waals surface area contributed by atoms with Crippen LogP contribution >= 0.6 is 0 Å². The third-order valence-electron chi connectivity index (χ3n) is 6.32. The number of hydrogen-bond donors (Lipinski definition) is 2. The number of nitrogens with one attached hydrogen (secondary N) is 2. The van der Waals surface area contributed by atoms with Gasteiger partial charge in [-0.05, 0) is 48.5 Å². The van der Waals surface area contributed by atoms with E-state index < -0.39 is 24.1 Å². The summed E-state index contributed by atoms with van der Waals surface area (Å²) in [6, 6.07) is 14.3. The summed E-state index contributed by atoms with van der Waals surface area (Å²) in [7, 11) is 1.97. The van der Waals surface area contributed by atoms with E-state index in [1.54, 1.807) is 34.9 Å². The van der Waals surface area contributed by atoms with E-state index in [-0.39, 0.29) is 23.7 Å². The van der Waals surface area contributed by atoms with E-state index >= 15 is 4.39 Å². The zero-order chi connectivity index (χ0) is 27.9. The molecule has 0 spiro atoms. The number of benzene rings is 2. The zero-order valence-electron chi connectivity index (χ0n) is 21.1. The number of amides is 4. The summed E-state index contributed by atoms with van der Waals surface area (Å²) in [6.45, 7) is 2.34. The number of nitrogens with zero attached hydrogens (tertiary/aromatic N) is 4. The number of likely N-dealkylation sites (N-methyl/N-ethyl adjacent to an activating group) is 1. The van der Waals surface area contributed by atoms with Gasteiger partial charge in [0.25, 0.3) is 5.91 Å². The van der Waals surface area contributed by atoms with Crippen LogP contribution < -0.4 is 15.8 Å². The smallest absolute Gasteiger partial charge is 0.322 e. The highest BCUT2D eigenvalue weighted by atomic mass is 19.3. The van der Waals surface area contributed by atoms with E-state index in [0.717, 1.165) is 17.2 Å². The van der Waals surface area contributed by atoms with Crippen LogP contribution in [0.5, 0.6) is 0 Å². The monoisotopic (exact) mass is 540 g/mol.